The number of hydrogen-bond acceptors (Lipinski definition) is 3. The van der Waals surface area contributed by atoms with E-state index in [1.165, 1.54) is 5.56 Å². The SMILES string of the molecule is CC(C)c1ccc(CNC(=O)c2ccc3ncsc3c2)cc1. The quantitative estimate of drug-likeness (QED) is 0.778. The normalized spacial score (nSPS) is 11.0. The Morgan fingerprint density at radius 1 is 1.18 bits per heavy atom. The maximum absolute atomic E-state index is 12.2. The standard InChI is InChI=1S/C18H18N2OS/c1-12(2)14-5-3-13(4-6-14)10-19-18(21)15-7-8-16-17(9-15)22-11-20-16/h3-9,11-12H,10H2,1-2H3,(H,19,21). The van der Waals surface area contributed by atoms with E-state index in [9.17, 15) is 4.79 Å². The van der Waals surface area contributed by atoms with Crippen LogP contribution in [0.3, 0.4) is 0 Å². The summed E-state index contributed by atoms with van der Waals surface area (Å²) in [5.74, 6) is 0.470. The summed E-state index contributed by atoms with van der Waals surface area (Å²) < 4.78 is 1.04. The number of nitrogens with one attached hydrogen (secondary N) is 1. The van der Waals surface area contributed by atoms with E-state index in [0.717, 1.165) is 15.8 Å². The molecule has 4 heteroatoms. The van der Waals surface area contributed by atoms with Gasteiger partial charge >= 0.3 is 0 Å². The second-order valence-electron chi connectivity index (χ2n) is 5.61. The third-order valence-electron chi connectivity index (χ3n) is 3.69. The maximum Gasteiger partial charge on any atom is 0.251 e. The van der Waals surface area contributed by atoms with E-state index in [1.54, 1.807) is 16.8 Å². The first-order chi connectivity index (χ1) is 10.6. The summed E-state index contributed by atoms with van der Waals surface area (Å²) in [5, 5.41) is 2.97. The molecule has 1 heterocycles. The molecule has 22 heavy (non-hydrogen) atoms. The zero-order chi connectivity index (χ0) is 15.5. The van der Waals surface area contributed by atoms with E-state index in [4.69, 9.17) is 0 Å². The highest BCUT2D eigenvalue weighted by atomic mass is 32.1. The molecule has 0 aliphatic carbocycles. The molecule has 0 aliphatic rings. The molecule has 0 radical (unpaired) electrons. The van der Waals surface area contributed by atoms with Crippen LogP contribution in [0.1, 0.15) is 41.3 Å². The molecule has 0 atom stereocenters. The van der Waals surface area contributed by atoms with E-state index in [0.29, 0.717) is 18.0 Å². The molecule has 0 saturated carbocycles. The van der Waals surface area contributed by atoms with E-state index in [1.807, 2.05) is 18.2 Å². The molecule has 1 N–H and O–H groups in total. The molecule has 3 aromatic rings. The molecule has 3 rings (SSSR count). The molecule has 0 unspecified atom stereocenters. The van der Waals surface area contributed by atoms with Crippen LogP contribution in [0.5, 0.6) is 0 Å². The molecule has 0 bridgehead atoms. The number of carbonyl (C=O) groups is 1. The molecular formula is C18H18N2OS. The molecule has 1 amide bonds. The summed E-state index contributed by atoms with van der Waals surface area (Å²) >= 11 is 1.55. The van der Waals surface area contributed by atoms with Crippen LogP contribution in [0.15, 0.2) is 48.0 Å². The first-order valence-corrected chi connectivity index (χ1v) is 8.22. The molecule has 1 aromatic heterocycles. The lowest BCUT2D eigenvalue weighted by Crippen LogP contribution is -2.22. The number of aromatic nitrogens is 1. The van der Waals surface area contributed by atoms with Crippen LogP contribution in [-0.2, 0) is 6.54 Å². The van der Waals surface area contributed by atoms with Gasteiger partial charge in [0.2, 0.25) is 0 Å². The van der Waals surface area contributed by atoms with Crippen molar-refractivity contribution < 1.29 is 4.79 Å². The summed E-state index contributed by atoms with van der Waals surface area (Å²) in [5.41, 5.74) is 5.83. The van der Waals surface area contributed by atoms with Gasteiger partial charge in [-0.3, -0.25) is 4.79 Å². The van der Waals surface area contributed by atoms with Gasteiger partial charge in [-0.05, 0) is 35.2 Å². The van der Waals surface area contributed by atoms with Crippen molar-refractivity contribution in [2.75, 3.05) is 0 Å². The van der Waals surface area contributed by atoms with Crippen LogP contribution in [0, 0.1) is 0 Å². The minimum absolute atomic E-state index is 0.0526. The third-order valence-corrected chi connectivity index (χ3v) is 4.48. The number of amides is 1. The topological polar surface area (TPSA) is 42.0 Å². The smallest absolute Gasteiger partial charge is 0.251 e. The van der Waals surface area contributed by atoms with Gasteiger partial charge in [0.15, 0.2) is 0 Å². The molecule has 2 aromatic carbocycles. The summed E-state index contributed by atoms with van der Waals surface area (Å²) in [6.07, 6.45) is 0. The molecule has 0 fully saturated rings. The fourth-order valence-corrected chi connectivity index (χ4v) is 3.02. The summed E-state index contributed by atoms with van der Waals surface area (Å²) in [7, 11) is 0. The predicted octanol–water partition coefficient (Wildman–Crippen LogP) is 4.35. The predicted molar refractivity (Wildman–Crippen MR) is 91.3 cm³/mol. The third kappa shape index (κ3) is 3.17. The van der Waals surface area contributed by atoms with Crippen LogP contribution < -0.4 is 5.32 Å². The summed E-state index contributed by atoms with van der Waals surface area (Å²) in [6, 6.07) is 14.0. The molecule has 112 valence electrons. The van der Waals surface area contributed by atoms with Gasteiger partial charge in [0, 0.05) is 12.1 Å². The summed E-state index contributed by atoms with van der Waals surface area (Å²) in [6.45, 7) is 4.89. The van der Waals surface area contributed by atoms with Gasteiger partial charge in [0.05, 0.1) is 15.7 Å². The Hall–Kier alpha value is -2.20. The fourth-order valence-electron chi connectivity index (χ4n) is 2.30. The molecule has 0 saturated heterocycles. The van der Waals surface area contributed by atoms with Crippen LogP contribution in [0.25, 0.3) is 10.2 Å². The van der Waals surface area contributed by atoms with E-state index in [2.05, 4.69) is 48.4 Å². The molecule has 0 spiro atoms. The lowest BCUT2D eigenvalue weighted by Gasteiger charge is -2.08. The highest BCUT2D eigenvalue weighted by Crippen LogP contribution is 2.19. The second kappa shape index (κ2) is 6.28. The fraction of sp³-hybridized carbons (Fsp3) is 0.222. The lowest BCUT2D eigenvalue weighted by atomic mass is 10.0. The zero-order valence-electron chi connectivity index (χ0n) is 12.7. The van der Waals surface area contributed by atoms with Crippen molar-refractivity contribution in [3.63, 3.8) is 0 Å². The number of rotatable bonds is 4. The Bertz CT molecular complexity index is 790. The number of carbonyl (C=O) groups excluding carboxylic acids is 1. The van der Waals surface area contributed by atoms with Crippen molar-refractivity contribution in [3.05, 3.63) is 64.7 Å². The number of nitrogens with zero attached hydrogens (tertiary/aromatic N) is 1. The zero-order valence-corrected chi connectivity index (χ0v) is 13.5. The van der Waals surface area contributed by atoms with Crippen LogP contribution in [0.2, 0.25) is 0 Å². The summed E-state index contributed by atoms with van der Waals surface area (Å²) in [4.78, 5) is 16.5. The lowest BCUT2D eigenvalue weighted by molar-refractivity contribution is 0.0951. The van der Waals surface area contributed by atoms with Gasteiger partial charge in [-0.15, -0.1) is 11.3 Å². The van der Waals surface area contributed by atoms with Crippen LogP contribution in [-0.4, -0.2) is 10.9 Å². The Morgan fingerprint density at radius 3 is 2.68 bits per heavy atom. The van der Waals surface area contributed by atoms with E-state index < -0.39 is 0 Å². The minimum Gasteiger partial charge on any atom is -0.348 e. The van der Waals surface area contributed by atoms with Crippen molar-refractivity contribution in [2.45, 2.75) is 26.3 Å². The van der Waals surface area contributed by atoms with Gasteiger partial charge in [-0.2, -0.15) is 0 Å². The number of benzene rings is 2. The van der Waals surface area contributed by atoms with E-state index in [-0.39, 0.29) is 5.91 Å². The van der Waals surface area contributed by atoms with Crippen molar-refractivity contribution in [1.82, 2.24) is 10.3 Å². The maximum atomic E-state index is 12.2. The molecular weight excluding hydrogens is 292 g/mol. The van der Waals surface area contributed by atoms with Crippen molar-refractivity contribution in [2.24, 2.45) is 0 Å². The van der Waals surface area contributed by atoms with Gasteiger partial charge in [-0.25, -0.2) is 4.98 Å². The average Bonchev–Trinajstić information content (AvgIpc) is 3.00. The number of fused-ring (bicyclic) bond motifs is 1. The first kappa shape index (κ1) is 14.7. The molecule has 0 aliphatic heterocycles. The van der Waals surface area contributed by atoms with Crippen molar-refractivity contribution in [3.8, 4) is 0 Å². The Labute approximate surface area is 134 Å². The first-order valence-electron chi connectivity index (χ1n) is 7.34. The number of hydrogen-bond donors (Lipinski definition) is 1. The van der Waals surface area contributed by atoms with Gasteiger partial charge in [0.1, 0.15) is 0 Å². The average molecular weight is 310 g/mol. The van der Waals surface area contributed by atoms with Crippen LogP contribution >= 0.6 is 11.3 Å². The minimum atomic E-state index is -0.0526. The highest BCUT2D eigenvalue weighted by molar-refractivity contribution is 7.16. The second-order valence-corrected chi connectivity index (χ2v) is 6.50. The molecule has 3 nitrogen and oxygen atoms in total. The highest BCUT2D eigenvalue weighted by Gasteiger charge is 2.07. The van der Waals surface area contributed by atoms with Gasteiger partial charge in [0.25, 0.3) is 5.91 Å². The Morgan fingerprint density at radius 2 is 1.95 bits per heavy atom. The van der Waals surface area contributed by atoms with Gasteiger partial charge < -0.3 is 5.32 Å². The van der Waals surface area contributed by atoms with Crippen molar-refractivity contribution in [1.29, 1.82) is 0 Å². The van der Waals surface area contributed by atoms with E-state index >= 15 is 0 Å². The Balaban J connectivity index is 1.66. The van der Waals surface area contributed by atoms with Crippen LogP contribution in [0.4, 0.5) is 0 Å². The largest absolute Gasteiger partial charge is 0.348 e. The monoisotopic (exact) mass is 310 g/mol. The Kier molecular flexibility index (Phi) is 4.20. The van der Waals surface area contributed by atoms with Gasteiger partial charge in [-0.1, -0.05) is 38.1 Å². The number of thiazole rings is 1. The van der Waals surface area contributed by atoms with Crippen molar-refractivity contribution >= 4 is 27.5 Å².